The first kappa shape index (κ1) is 8.87. The van der Waals surface area contributed by atoms with Crippen LogP contribution in [0.2, 0.25) is 0 Å². The van der Waals surface area contributed by atoms with Crippen LogP contribution in [0.25, 0.3) is 0 Å². The van der Waals surface area contributed by atoms with Crippen LogP contribution in [0.4, 0.5) is 11.4 Å². The molecule has 5 N–H and O–H groups in total. The summed E-state index contributed by atoms with van der Waals surface area (Å²) < 4.78 is 0. The standard InChI is InChI=1S/C10H13N3O/c11-7-3-1-2-6(10(7)12)8-4-5-9(14)13-8/h1-3,8H,4-5,11-12H2,(H,13,14)/t8-/m0/s1. The van der Waals surface area contributed by atoms with Crippen molar-refractivity contribution in [3.05, 3.63) is 23.8 Å². The zero-order chi connectivity index (χ0) is 10.1. The number of hydrogen-bond donors (Lipinski definition) is 3. The number of nitrogen functional groups attached to an aromatic ring is 2. The van der Waals surface area contributed by atoms with E-state index in [-0.39, 0.29) is 11.9 Å². The highest BCUT2D eigenvalue weighted by atomic mass is 16.1. The van der Waals surface area contributed by atoms with Gasteiger partial charge in [0.25, 0.3) is 0 Å². The molecule has 1 atom stereocenters. The fourth-order valence-corrected chi connectivity index (χ4v) is 1.75. The van der Waals surface area contributed by atoms with Gasteiger partial charge in [-0.05, 0) is 18.1 Å². The second-order valence-corrected chi connectivity index (χ2v) is 3.51. The fourth-order valence-electron chi connectivity index (χ4n) is 1.75. The van der Waals surface area contributed by atoms with Crippen molar-refractivity contribution >= 4 is 17.3 Å². The van der Waals surface area contributed by atoms with E-state index in [0.29, 0.717) is 17.8 Å². The number of benzene rings is 1. The number of rotatable bonds is 1. The maximum atomic E-state index is 11.0. The van der Waals surface area contributed by atoms with Crippen molar-refractivity contribution < 1.29 is 4.79 Å². The third kappa shape index (κ3) is 1.39. The van der Waals surface area contributed by atoms with Crippen LogP contribution in [0.5, 0.6) is 0 Å². The summed E-state index contributed by atoms with van der Waals surface area (Å²) in [6.07, 6.45) is 1.37. The number of amides is 1. The number of hydrogen-bond acceptors (Lipinski definition) is 3. The van der Waals surface area contributed by atoms with E-state index >= 15 is 0 Å². The zero-order valence-corrected chi connectivity index (χ0v) is 7.79. The van der Waals surface area contributed by atoms with Crippen molar-refractivity contribution in [3.63, 3.8) is 0 Å². The first-order valence-corrected chi connectivity index (χ1v) is 4.61. The van der Waals surface area contributed by atoms with E-state index in [1.54, 1.807) is 6.07 Å². The Hall–Kier alpha value is -1.71. The molecule has 1 aromatic rings. The molecule has 14 heavy (non-hydrogen) atoms. The quantitative estimate of drug-likeness (QED) is 0.574. The van der Waals surface area contributed by atoms with Gasteiger partial charge >= 0.3 is 0 Å². The summed E-state index contributed by atoms with van der Waals surface area (Å²) in [5.74, 6) is 0.0804. The van der Waals surface area contributed by atoms with E-state index in [1.165, 1.54) is 0 Å². The van der Waals surface area contributed by atoms with Crippen LogP contribution in [0, 0.1) is 0 Å². The number of anilines is 2. The van der Waals surface area contributed by atoms with E-state index in [9.17, 15) is 4.79 Å². The highest BCUT2D eigenvalue weighted by molar-refractivity contribution is 5.80. The Balaban J connectivity index is 2.32. The van der Waals surface area contributed by atoms with Crippen molar-refractivity contribution in [2.75, 3.05) is 11.5 Å². The molecule has 1 aliphatic rings. The van der Waals surface area contributed by atoms with Gasteiger partial charge in [0.05, 0.1) is 17.4 Å². The molecular formula is C10H13N3O. The summed E-state index contributed by atoms with van der Waals surface area (Å²) in [5.41, 5.74) is 13.6. The molecule has 4 nitrogen and oxygen atoms in total. The number of para-hydroxylation sites is 1. The van der Waals surface area contributed by atoms with Gasteiger partial charge in [-0.2, -0.15) is 0 Å². The third-order valence-corrected chi connectivity index (χ3v) is 2.54. The molecule has 1 fully saturated rings. The first-order chi connectivity index (χ1) is 6.68. The Morgan fingerprint density at radius 1 is 1.36 bits per heavy atom. The molecule has 1 aromatic carbocycles. The van der Waals surface area contributed by atoms with Gasteiger partial charge in [0.2, 0.25) is 5.91 Å². The molecule has 1 amide bonds. The third-order valence-electron chi connectivity index (χ3n) is 2.54. The molecule has 1 saturated heterocycles. The van der Waals surface area contributed by atoms with Gasteiger partial charge in [0.15, 0.2) is 0 Å². The molecule has 0 bridgehead atoms. The molecule has 0 radical (unpaired) electrons. The summed E-state index contributed by atoms with van der Waals surface area (Å²) >= 11 is 0. The Morgan fingerprint density at radius 3 is 2.79 bits per heavy atom. The maximum Gasteiger partial charge on any atom is 0.220 e. The molecule has 4 heteroatoms. The number of nitrogens with one attached hydrogen (secondary N) is 1. The first-order valence-electron chi connectivity index (χ1n) is 4.61. The Bertz CT molecular complexity index is 376. The minimum atomic E-state index is 0.0333. The van der Waals surface area contributed by atoms with Crippen LogP contribution in [0.15, 0.2) is 18.2 Å². The lowest BCUT2D eigenvalue weighted by molar-refractivity contribution is -0.119. The monoisotopic (exact) mass is 191 g/mol. The summed E-state index contributed by atoms with van der Waals surface area (Å²) in [4.78, 5) is 11.0. The summed E-state index contributed by atoms with van der Waals surface area (Å²) in [7, 11) is 0. The summed E-state index contributed by atoms with van der Waals surface area (Å²) in [6.45, 7) is 0. The molecule has 0 saturated carbocycles. The molecular weight excluding hydrogens is 178 g/mol. The van der Waals surface area contributed by atoms with E-state index in [1.807, 2.05) is 12.1 Å². The van der Waals surface area contributed by atoms with Crippen LogP contribution >= 0.6 is 0 Å². The van der Waals surface area contributed by atoms with Crippen molar-refractivity contribution in [2.45, 2.75) is 18.9 Å². The summed E-state index contributed by atoms with van der Waals surface area (Å²) in [6, 6.07) is 5.55. The average molecular weight is 191 g/mol. The largest absolute Gasteiger partial charge is 0.397 e. The van der Waals surface area contributed by atoms with Gasteiger partial charge in [-0.1, -0.05) is 12.1 Å². The van der Waals surface area contributed by atoms with Gasteiger partial charge in [-0.25, -0.2) is 0 Å². The fraction of sp³-hybridized carbons (Fsp3) is 0.300. The van der Waals surface area contributed by atoms with E-state index in [2.05, 4.69) is 5.32 Å². The van der Waals surface area contributed by atoms with Crippen molar-refractivity contribution in [3.8, 4) is 0 Å². The van der Waals surface area contributed by atoms with Gasteiger partial charge in [0, 0.05) is 6.42 Å². The predicted molar refractivity (Wildman–Crippen MR) is 55.4 cm³/mol. The van der Waals surface area contributed by atoms with Crippen LogP contribution < -0.4 is 16.8 Å². The molecule has 1 aliphatic heterocycles. The SMILES string of the molecule is Nc1cccc([C@@H]2CCC(=O)N2)c1N. The number of carbonyl (C=O) groups is 1. The van der Waals surface area contributed by atoms with Gasteiger partial charge in [-0.3, -0.25) is 4.79 Å². The predicted octanol–water partition coefficient (Wildman–Crippen LogP) is 0.802. The van der Waals surface area contributed by atoms with Crippen LogP contribution in [-0.4, -0.2) is 5.91 Å². The minimum Gasteiger partial charge on any atom is -0.397 e. The summed E-state index contributed by atoms with van der Waals surface area (Å²) in [5, 5.41) is 2.86. The molecule has 0 spiro atoms. The van der Waals surface area contributed by atoms with E-state index in [4.69, 9.17) is 11.5 Å². The smallest absolute Gasteiger partial charge is 0.220 e. The van der Waals surface area contributed by atoms with Crippen LogP contribution in [-0.2, 0) is 4.79 Å². The van der Waals surface area contributed by atoms with Crippen LogP contribution in [0.3, 0.4) is 0 Å². The van der Waals surface area contributed by atoms with Crippen molar-refractivity contribution in [1.82, 2.24) is 5.32 Å². The Kier molecular flexibility index (Phi) is 2.04. The molecule has 2 rings (SSSR count). The van der Waals surface area contributed by atoms with E-state index < -0.39 is 0 Å². The lowest BCUT2D eigenvalue weighted by Crippen LogP contribution is -2.19. The highest BCUT2D eigenvalue weighted by Gasteiger charge is 2.24. The highest BCUT2D eigenvalue weighted by Crippen LogP contribution is 2.30. The maximum absolute atomic E-state index is 11.0. The van der Waals surface area contributed by atoms with E-state index in [0.717, 1.165) is 12.0 Å². The Morgan fingerprint density at radius 2 is 2.14 bits per heavy atom. The van der Waals surface area contributed by atoms with Gasteiger partial charge in [-0.15, -0.1) is 0 Å². The van der Waals surface area contributed by atoms with Crippen molar-refractivity contribution in [1.29, 1.82) is 0 Å². The average Bonchev–Trinajstić information content (AvgIpc) is 2.57. The molecule has 0 aliphatic carbocycles. The molecule has 0 unspecified atom stereocenters. The molecule has 74 valence electrons. The number of nitrogens with two attached hydrogens (primary N) is 2. The van der Waals surface area contributed by atoms with Gasteiger partial charge in [0.1, 0.15) is 0 Å². The lowest BCUT2D eigenvalue weighted by Gasteiger charge is -2.14. The van der Waals surface area contributed by atoms with Crippen LogP contribution in [0.1, 0.15) is 24.4 Å². The minimum absolute atomic E-state index is 0.0333. The Labute approximate surface area is 82.3 Å². The second-order valence-electron chi connectivity index (χ2n) is 3.51. The van der Waals surface area contributed by atoms with Crippen molar-refractivity contribution in [2.24, 2.45) is 0 Å². The second kappa shape index (κ2) is 3.21. The lowest BCUT2D eigenvalue weighted by atomic mass is 10.0. The zero-order valence-electron chi connectivity index (χ0n) is 7.79. The topological polar surface area (TPSA) is 81.1 Å². The molecule has 0 aromatic heterocycles. The van der Waals surface area contributed by atoms with Gasteiger partial charge < -0.3 is 16.8 Å². The number of carbonyl (C=O) groups excluding carboxylic acids is 1. The molecule has 1 heterocycles. The normalized spacial score (nSPS) is 20.9.